The molecule has 0 unspecified atom stereocenters. The van der Waals surface area contributed by atoms with Gasteiger partial charge in [0.2, 0.25) is 0 Å². The molecule has 2 amide bonds. The quantitative estimate of drug-likeness (QED) is 0.793. The Bertz CT molecular complexity index is 678. The molecule has 0 saturated heterocycles. The lowest BCUT2D eigenvalue weighted by molar-refractivity contribution is 0.0407. The zero-order chi connectivity index (χ0) is 19.6. The Kier molecular flexibility index (Phi) is 5.76. The average molecular weight is 383 g/mol. The molecule has 0 aromatic heterocycles. The van der Waals surface area contributed by atoms with E-state index in [4.69, 9.17) is 21.1 Å². The van der Waals surface area contributed by atoms with E-state index in [-0.39, 0.29) is 6.61 Å². The number of halogens is 1. The third-order valence-corrected chi connectivity index (χ3v) is 4.11. The summed E-state index contributed by atoms with van der Waals surface area (Å²) in [4.78, 5) is 24.1. The van der Waals surface area contributed by atoms with Crippen molar-refractivity contribution in [3.05, 3.63) is 34.9 Å². The topological polar surface area (TPSA) is 76.7 Å². The van der Waals surface area contributed by atoms with E-state index < -0.39 is 28.9 Å². The van der Waals surface area contributed by atoms with E-state index in [2.05, 4.69) is 10.6 Å². The van der Waals surface area contributed by atoms with E-state index in [0.29, 0.717) is 5.02 Å². The van der Waals surface area contributed by atoms with Gasteiger partial charge in [0.1, 0.15) is 12.2 Å². The molecular weight excluding hydrogens is 356 g/mol. The Morgan fingerprint density at radius 2 is 1.81 bits per heavy atom. The van der Waals surface area contributed by atoms with Gasteiger partial charge in [0.15, 0.2) is 0 Å². The summed E-state index contributed by atoms with van der Waals surface area (Å²) in [6.45, 7) is 8.89. The van der Waals surface area contributed by atoms with Crippen molar-refractivity contribution in [3.63, 3.8) is 0 Å². The van der Waals surface area contributed by atoms with Crippen LogP contribution in [0, 0.1) is 0 Å². The van der Waals surface area contributed by atoms with Crippen LogP contribution in [0.25, 0.3) is 0 Å². The Balaban J connectivity index is 1.85. The summed E-state index contributed by atoms with van der Waals surface area (Å²) in [5, 5.41) is 6.24. The predicted molar refractivity (Wildman–Crippen MR) is 100 cm³/mol. The first-order valence-electron chi connectivity index (χ1n) is 8.63. The fourth-order valence-electron chi connectivity index (χ4n) is 2.49. The Hall–Kier alpha value is -1.95. The monoisotopic (exact) mass is 382 g/mol. The number of rotatable bonds is 5. The minimum absolute atomic E-state index is 0.0176. The van der Waals surface area contributed by atoms with Crippen LogP contribution in [-0.4, -0.2) is 29.9 Å². The van der Waals surface area contributed by atoms with Gasteiger partial charge in [0.25, 0.3) is 0 Å². The summed E-state index contributed by atoms with van der Waals surface area (Å²) in [5.74, 6) is 0. The molecule has 1 fully saturated rings. The summed E-state index contributed by atoms with van der Waals surface area (Å²) < 4.78 is 10.5. The highest BCUT2D eigenvalue weighted by molar-refractivity contribution is 6.30. The third kappa shape index (κ3) is 6.09. The van der Waals surface area contributed by atoms with Crippen LogP contribution in [-0.2, 0) is 15.0 Å². The number of hydrogen-bond acceptors (Lipinski definition) is 4. The molecule has 0 aliphatic heterocycles. The number of carbonyl (C=O) groups is 2. The standard InChI is InChI=1S/C19H27ClN2O4/c1-17(2,3)26-16(24)21-18(4,5)12-25-15(23)22-19(9-10-19)13-7-6-8-14(20)11-13/h6-8,11H,9-10,12H2,1-5H3,(H,21,24)(H,22,23). The second-order valence-corrected chi connectivity index (χ2v) is 8.74. The molecule has 1 aliphatic rings. The molecule has 0 heterocycles. The number of ether oxygens (including phenoxy) is 2. The average Bonchev–Trinajstić information content (AvgIpc) is 3.23. The van der Waals surface area contributed by atoms with Crippen molar-refractivity contribution in [1.29, 1.82) is 0 Å². The summed E-state index contributed by atoms with van der Waals surface area (Å²) in [5.41, 5.74) is -0.793. The van der Waals surface area contributed by atoms with Crippen molar-refractivity contribution in [2.45, 2.75) is 64.1 Å². The van der Waals surface area contributed by atoms with Crippen LogP contribution in [0.1, 0.15) is 53.0 Å². The minimum Gasteiger partial charge on any atom is -0.447 e. The van der Waals surface area contributed by atoms with Crippen LogP contribution in [0.3, 0.4) is 0 Å². The molecule has 2 N–H and O–H groups in total. The van der Waals surface area contributed by atoms with Crippen LogP contribution >= 0.6 is 11.6 Å². The molecule has 6 nitrogen and oxygen atoms in total. The molecule has 0 bridgehead atoms. The molecule has 1 aromatic rings. The van der Waals surface area contributed by atoms with Gasteiger partial charge in [0, 0.05) is 5.02 Å². The molecule has 1 aliphatic carbocycles. The fourth-order valence-corrected chi connectivity index (χ4v) is 2.68. The van der Waals surface area contributed by atoms with Crippen LogP contribution < -0.4 is 10.6 Å². The van der Waals surface area contributed by atoms with Gasteiger partial charge in [-0.05, 0) is 65.2 Å². The first-order chi connectivity index (χ1) is 11.9. The molecule has 0 atom stereocenters. The number of alkyl carbamates (subject to hydrolysis) is 2. The SMILES string of the molecule is CC(C)(COC(=O)NC1(c2cccc(Cl)c2)CC1)NC(=O)OC(C)(C)C. The van der Waals surface area contributed by atoms with E-state index in [9.17, 15) is 9.59 Å². The summed E-state index contributed by atoms with van der Waals surface area (Å²) >= 11 is 6.03. The molecule has 1 aromatic carbocycles. The highest BCUT2D eigenvalue weighted by Gasteiger charge is 2.46. The first-order valence-corrected chi connectivity index (χ1v) is 9.01. The Morgan fingerprint density at radius 1 is 1.15 bits per heavy atom. The highest BCUT2D eigenvalue weighted by atomic mass is 35.5. The maximum atomic E-state index is 12.2. The largest absolute Gasteiger partial charge is 0.447 e. The molecule has 144 valence electrons. The van der Waals surface area contributed by atoms with Gasteiger partial charge in [-0.15, -0.1) is 0 Å². The Labute approximate surface area is 159 Å². The lowest BCUT2D eigenvalue weighted by Gasteiger charge is -2.28. The van der Waals surface area contributed by atoms with Crippen LogP contribution in [0.15, 0.2) is 24.3 Å². The maximum Gasteiger partial charge on any atom is 0.408 e. The second-order valence-electron chi connectivity index (χ2n) is 8.30. The molecule has 26 heavy (non-hydrogen) atoms. The minimum atomic E-state index is -0.757. The van der Waals surface area contributed by atoms with Crippen LogP contribution in [0.5, 0.6) is 0 Å². The predicted octanol–water partition coefficient (Wildman–Crippen LogP) is 4.36. The van der Waals surface area contributed by atoms with Crippen molar-refractivity contribution in [2.75, 3.05) is 6.61 Å². The molecule has 2 rings (SSSR count). The van der Waals surface area contributed by atoms with Crippen molar-refractivity contribution in [3.8, 4) is 0 Å². The number of hydrogen-bond donors (Lipinski definition) is 2. The second kappa shape index (κ2) is 7.35. The van der Waals surface area contributed by atoms with Crippen molar-refractivity contribution < 1.29 is 19.1 Å². The normalized spacial score (nSPS) is 15.8. The zero-order valence-electron chi connectivity index (χ0n) is 15.9. The number of nitrogens with one attached hydrogen (secondary N) is 2. The molecule has 0 spiro atoms. The van der Waals surface area contributed by atoms with E-state index in [0.717, 1.165) is 18.4 Å². The van der Waals surface area contributed by atoms with Gasteiger partial charge >= 0.3 is 12.2 Å². The summed E-state index contributed by atoms with van der Waals surface area (Å²) in [6.07, 6.45) is 0.593. The number of benzene rings is 1. The van der Waals surface area contributed by atoms with Crippen LogP contribution in [0.4, 0.5) is 9.59 Å². The summed E-state index contributed by atoms with van der Waals surface area (Å²) in [7, 11) is 0. The smallest absolute Gasteiger partial charge is 0.408 e. The third-order valence-electron chi connectivity index (χ3n) is 3.87. The molecular formula is C19H27ClN2O4. The molecule has 1 saturated carbocycles. The van der Waals surface area contributed by atoms with E-state index in [1.807, 2.05) is 18.2 Å². The Morgan fingerprint density at radius 3 is 2.35 bits per heavy atom. The van der Waals surface area contributed by atoms with E-state index in [1.165, 1.54) is 0 Å². The summed E-state index contributed by atoms with van der Waals surface area (Å²) in [6, 6.07) is 7.44. The van der Waals surface area contributed by atoms with Crippen molar-refractivity contribution >= 4 is 23.8 Å². The van der Waals surface area contributed by atoms with E-state index in [1.54, 1.807) is 40.7 Å². The van der Waals surface area contributed by atoms with E-state index >= 15 is 0 Å². The maximum absolute atomic E-state index is 12.2. The lowest BCUT2D eigenvalue weighted by atomic mass is 10.1. The zero-order valence-corrected chi connectivity index (χ0v) is 16.7. The van der Waals surface area contributed by atoms with Gasteiger partial charge < -0.3 is 20.1 Å². The lowest BCUT2D eigenvalue weighted by Crippen LogP contribution is -2.50. The van der Waals surface area contributed by atoms with Crippen LogP contribution in [0.2, 0.25) is 5.02 Å². The van der Waals surface area contributed by atoms with Gasteiger partial charge in [-0.3, -0.25) is 0 Å². The fraction of sp³-hybridized carbons (Fsp3) is 0.579. The van der Waals surface area contributed by atoms with Gasteiger partial charge in [-0.2, -0.15) is 0 Å². The first kappa shape index (κ1) is 20.4. The van der Waals surface area contributed by atoms with Gasteiger partial charge in [0.05, 0.1) is 11.1 Å². The molecule has 7 heteroatoms. The van der Waals surface area contributed by atoms with Crippen molar-refractivity contribution in [2.24, 2.45) is 0 Å². The van der Waals surface area contributed by atoms with Crippen molar-refractivity contribution in [1.82, 2.24) is 10.6 Å². The van der Waals surface area contributed by atoms with Gasteiger partial charge in [-0.25, -0.2) is 9.59 Å². The molecule has 0 radical (unpaired) electrons. The number of amides is 2. The van der Waals surface area contributed by atoms with Gasteiger partial charge in [-0.1, -0.05) is 23.7 Å². The number of carbonyl (C=O) groups excluding carboxylic acids is 2. The highest BCUT2D eigenvalue weighted by Crippen LogP contribution is 2.46.